The lowest BCUT2D eigenvalue weighted by Gasteiger charge is -2.03. The van der Waals surface area contributed by atoms with Crippen molar-refractivity contribution in [3.05, 3.63) is 53.7 Å². The Morgan fingerprint density at radius 2 is 2.00 bits per heavy atom. The van der Waals surface area contributed by atoms with Crippen LogP contribution in [0, 0.1) is 0 Å². The van der Waals surface area contributed by atoms with Crippen molar-refractivity contribution in [3.8, 4) is 0 Å². The van der Waals surface area contributed by atoms with Gasteiger partial charge in [-0.2, -0.15) is 0 Å². The van der Waals surface area contributed by atoms with Crippen LogP contribution in [0.15, 0.2) is 48.2 Å². The van der Waals surface area contributed by atoms with Gasteiger partial charge in [0.1, 0.15) is 0 Å². The van der Waals surface area contributed by atoms with Gasteiger partial charge in [0.2, 0.25) is 0 Å². The second-order valence-electron chi connectivity index (χ2n) is 2.98. The average Bonchev–Trinajstić information content (AvgIpc) is 2.28. The molecule has 1 aromatic carbocycles. The highest BCUT2D eigenvalue weighted by atomic mass is 16.5. The van der Waals surface area contributed by atoms with E-state index in [0.717, 1.165) is 5.56 Å². The van der Waals surface area contributed by atoms with Crippen LogP contribution in [0.1, 0.15) is 5.56 Å². The van der Waals surface area contributed by atoms with Crippen LogP contribution in [0.25, 0.3) is 6.08 Å². The lowest BCUT2D eigenvalue weighted by atomic mass is 10.1. The molecular formula is C12H13NO2. The van der Waals surface area contributed by atoms with Gasteiger partial charge >= 0.3 is 5.97 Å². The molecule has 0 saturated carbocycles. The number of carbonyl (C=O) groups is 1. The van der Waals surface area contributed by atoms with Crippen LogP contribution in [0.3, 0.4) is 0 Å². The molecular weight excluding hydrogens is 190 g/mol. The van der Waals surface area contributed by atoms with E-state index in [4.69, 9.17) is 5.73 Å². The highest BCUT2D eigenvalue weighted by Gasteiger charge is 2.08. The Morgan fingerprint density at radius 3 is 2.53 bits per heavy atom. The first-order valence-corrected chi connectivity index (χ1v) is 4.45. The van der Waals surface area contributed by atoms with Crippen LogP contribution in [0.2, 0.25) is 0 Å². The van der Waals surface area contributed by atoms with E-state index in [1.807, 2.05) is 30.3 Å². The minimum Gasteiger partial charge on any atom is -0.465 e. The molecule has 0 aromatic heterocycles. The summed E-state index contributed by atoms with van der Waals surface area (Å²) in [7, 11) is 1.29. The second kappa shape index (κ2) is 5.00. The first-order valence-electron chi connectivity index (χ1n) is 4.45. The Hall–Kier alpha value is -2.03. The van der Waals surface area contributed by atoms with Gasteiger partial charge in [-0.3, -0.25) is 0 Å². The Bertz CT molecular complexity index is 393. The van der Waals surface area contributed by atoms with Crippen molar-refractivity contribution in [1.82, 2.24) is 0 Å². The molecule has 0 unspecified atom stereocenters. The maximum absolute atomic E-state index is 11.1. The number of hydrogen-bond acceptors (Lipinski definition) is 3. The summed E-state index contributed by atoms with van der Waals surface area (Å²) in [4.78, 5) is 11.1. The number of benzene rings is 1. The molecule has 3 nitrogen and oxygen atoms in total. The molecule has 0 fully saturated rings. The molecule has 0 aliphatic heterocycles. The van der Waals surface area contributed by atoms with Crippen LogP contribution < -0.4 is 5.73 Å². The SMILES string of the molecule is C=C(C(=O)OC)C(N)=Cc1ccccc1. The summed E-state index contributed by atoms with van der Waals surface area (Å²) in [5.41, 5.74) is 7.08. The number of hydrogen-bond donors (Lipinski definition) is 1. The van der Waals surface area contributed by atoms with E-state index in [1.165, 1.54) is 7.11 Å². The fourth-order valence-electron chi connectivity index (χ4n) is 1.06. The van der Waals surface area contributed by atoms with Crippen molar-refractivity contribution < 1.29 is 9.53 Å². The summed E-state index contributed by atoms with van der Waals surface area (Å²) in [6.45, 7) is 3.55. The third kappa shape index (κ3) is 2.98. The zero-order chi connectivity index (χ0) is 11.3. The predicted molar refractivity (Wildman–Crippen MR) is 59.8 cm³/mol. The van der Waals surface area contributed by atoms with E-state index in [2.05, 4.69) is 11.3 Å². The third-order valence-corrected chi connectivity index (χ3v) is 1.90. The molecule has 3 heteroatoms. The van der Waals surface area contributed by atoms with Gasteiger partial charge < -0.3 is 10.5 Å². The van der Waals surface area contributed by atoms with Gasteiger partial charge in [-0.15, -0.1) is 0 Å². The maximum atomic E-state index is 11.1. The number of methoxy groups -OCH3 is 1. The second-order valence-corrected chi connectivity index (χ2v) is 2.98. The van der Waals surface area contributed by atoms with E-state index in [1.54, 1.807) is 6.08 Å². The van der Waals surface area contributed by atoms with E-state index in [9.17, 15) is 4.79 Å². The van der Waals surface area contributed by atoms with E-state index < -0.39 is 5.97 Å². The minimum absolute atomic E-state index is 0.168. The number of nitrogens with two attached hydrogens (primary N) is 1. The Balaban J connectivity index is 2.85. The number of carbonyl (C=O) groups excluding carboxylic acids is 1. The topological polar surface area (TPSA) is 52.3 Å². The monoisotopic (exact) mass is 203 g/mol. The first-order chi connectivity index (χ1) is 7.15. The first kappa shape index (κ1) is 11.0. The molecule has 0 aliphatic rings. The van der Waals surface area contributed by atoms with E-state index in [0.29, 0.717) is 5.70 Å². The molecule has 0 saturated heterocycles. The molecule has 0 aliphatic carbocycles. The quantitative estimate of drug-likeness (QED) is 0.462. The third-order valence-electron chi connectivity index (χ3n) is 1.90. The number of esters is 1. The summed E-state index contributed by atoms with van der Waals surface area (Å²) < 4.78 is 4.51. The standard InChI is InChI=1S/C12H13NO2/c1-9(12(14)15-2)11(13)8-10-6-4-3-5-7-10/h3-8H,1,13H2,2H3. The molecule has 0 bridgehead atoms. The number of ether oxygens (including phenoxy) is 1. The minimum atomic E-state index is -0.514. The van der Waals surface area contributed by atoms with Gasteiger partial charge in [0, 0.05) is 5.70 Å². The van der Waals surface area contributed by atoms with Crippen LogP contribution >= 0.6 is 0 Å². The smallest absolute Gasteiger partial charge is 0.339 e. The Morgan fingerprint density at radius 1 is 1.40 bits per heavy atom. The molecule has 0 heterocycles. The van der Waals surface area contributed by atoms with Crippen LogP contribution in [-0.4, -0.2) is 13.1 Å². The van der Waals surface area contributed by atoms with E-state index >= 15 is 0 Å². The zero-order valence-corrected chi connectivity index (χ0v) is 8.57. The Kier molecular flexibility index (Phi) is 3.68. The van der Waals surface area contributed by atoms with Gasteiger partial charge in [0.15, 0.2) is 0 Å². The van der Waals surface area contributed by atoms with Crippen molar-refractivity contribution in [3.63, 3.8) is 0 Å². The summed E-state index contributed by atoms with van der Waals surface area (Å²) in [5.74, 6) is -0.514. The lowest BCUT2D eigenvalue weighted by molar-refractivity contribution is -0.135. The normalized spacial score (nSPS) is 10.9. The maximum Gasteiger partial charge on any atom is 0.339 e. The van der Waals surface area contributed by atoms with Crippen molar-refractivity contribution in [1.29, 1.82) is 0 Å². The highest BCUT2D eigenvalue weighted by molar-refractivity contribution is 5.93. The van der Waals surface area contributed by atoms with Crippen molar-refractivity contribution in [2.24, 2.45) is 5.73 Å². The summed E-state index contributed by atoms with van der Waals surface area (Å²) in [5, 5.41) is 0. The van der Waals surface area contributed by atoms with Crippen molar-refractivity contribution in [2.75, 3.05) is 7.11 Å². The molecule has 15 heavy (non-hydrogen) atoms. The molecule has 1 aromatic rings. The van der Waals surface area contributed by atoms with Gasteiger partial charge in [-0.05, 0) is 11.6 Å². The molecule has 1 rings (SSSR count). The van der Waals surface area contributed by atoms with Gasteiger partial charge in [-0.25, -0.2) is 4.79 Å². The molecule has 0 spiro atoms. The van der Waals surface area contributed by atoms with E-state index in [-0.39, 0.29) is 5.57 Å². The van der Waals surface area contributed by atoms with Gasteiger partial charge in [-0.1, -0.05) is 36.9 Å². The highest BCUT2D eigenvalue weighted by Crippen LogP contribution is 2.09. The average molecular weight is 203 g/mol. The molecule has 0 amide bonds. The summed E-state index contributed by atoms with van der Waals surface area (Å²) in [6.07, 6.45) is 1.68. The zero-order valence-electron chi connectivity index (χ0n) is 8.57. The molecule has 78 valence electrons. The summed E-state index contributed by atoms with van der Waals surface area (Å²) in [6, 6.07) is 9.46. The lowest BCUT2D eigenvalue weighted by Crippen LogP contribution is -2.11. The van der Waals surface area contributed by atoms with Gasteiger partial charge in [0.05, 0.1) is 12.7 Å². The molecule has 2 N–H and O–H groups in total. The van der Waals surface area contributed by atoms with Crippen molar-refractivity contribution in [2.45, 2.75) is 0 Å². The predicted octanol–water partition coefficient (Wildman–Crippen LogP) is 1.72. The van der Waals surface area contributed by atoms with Gasteiger partial charge in [0.25, 0.3) is 0 Å². The van der Waals surface area contributed by atoms with Crippen LogP contribution in [0.5, 0.6) is 0 Å². The summed E-state index contributed by atoms with van der Waals surface area (Å²) >= 11 is 0. The number of rotatable bonds is 3. The Labute approximate surface area is 88.9 Å². The molecule has 0 atom stereocenters. The fraction of sp³-hybridized carbons (Fsp3) is 0.0833. The molecule has 0 radical (unpaired) electrons. The largest absolute Gasteiger partial charge is 0.465 e. The van der Waals surface area contributed by atoms with Crippen LogP contribution in [-0.2, 0) is 9.53 Å². The van der Waals surface area contributed by atoms with Crippen LogP contribution in [0.4, 0.5) is 0 Å². The van der Waals surface area contributed by atoms with Crippen molar-refractivity contribution >= 4 is 12.0 Å². The fourth-order valence-corrected chi connectivity index (χ4v) is 1.06.